The minimum absolute atomic E-state index is 0.0813. The first-order chi connectivity index (χ1) is 4.83. The summed E-state index contributed by atoms with van der Waals surface area (Å²) in [6, 6.07) is 2.17. The molecule has 0 aliphatic carbocycles. The highest BCUT2D eigenvalue weighted by molar-refractivity contribution is 5.76. The van der Waals surface area contributed by atoms with Gasteiger partial charge in [-0.2, -0.15) is 5.26 Å². The average Bonchev–Trinajstić information content (AvgIpc) is 2.14. The van der Waals surface area contributed by atoms with Crippen molar-refractivity contribution < 1.29 is 4.79 Å². The second-order valence-corrected chi connectivity index (χ2v) is 2.50. The average molecular weight is 138 g/mol. The molecule has 1 rings (SSSR count). The summed E-state index contributed by atoms with van der Waals surface area (Å²) in [5, 5.41) is 11.2. The third kappa shape index (κ3) is 1.73. The third-order valence-corrected chi connectivity index (χ3v) is 1.72. The molecular weight excluding hydrogens is 128 g/mol. The molecule has 0 radical (unpaired) electrons. The predicted octanol–water partition coefficient (Wildman–Crippen LogP) is 0.426. The van der Waals surface area contributed by atoms with Gasteiger partial charge in [0.2, 0.25) is 5.91 Å². The Labute approximate surface area is 60.0 Å². The van der Waals surface area contributed by atoms with Gasteiger partial charge in [-0.1, -0.05) is 0 Å². The minimum atomic E-state index is 0.0813. The van der Waals surface area contributed by atoms with E-state index in [2.05, 4.69) is 11.4 Å². The van der Waals surface area contributed by atoms with Crippen molar-refractivity contribution >= 4 is 5.91 Å². The van der Waals surface area contributed by atoms with Crippen molar-refractivity contribution in [2.24, 2.45) is 5.92 Å². The molecule has 1 fully saturated rings. The first-order valence-electron chi connectivity index (χ1n) is 3.49. The number of nitrogens with zero attached hydrogens (tertiary/aromatic N) is 1. The summed E-state index contributed by atoms with van der Waals surface area (Å²) in [4.78, 5) is 10.7. The highest BCUT2D eigenvalue weighted by Gasteiger charge is 2.14. The molecule has 10 heavy (non-hydrogen) atoms. The Bertz CT molecular complexity index is 171. The number of amides is 1. The lowest BCUT2D eigenvalue weighted by atomic mass is 10.0. The van der Waals surface area contributed by atoms with Crippen LogP contribution in [0.1, 0.15) is 19.3 Å². The van der Waals surface area contributed by atoms with E-state index >= 15 is 0 Å². The second kappa shape index (κ2) is 3.21. The number of hydrogen-bond acceptors (Lipinski definition) is 2. The maximum atomic E-state index is 10.7. The van der Waals surface area contributed by atoms with Gasteiger partial charge in [0.25, 0.3) is 0 Å². The van der Waals surface area contributed by atoms with Crippen LogP contribution in [-0.2, 0) is 4.79 Å². The molecule has 0 saturated carbocycles. The fourth-order valence-electron chi connectivity index (χ4n) is 1.05. The normalized spacial score (nSPS) is 26.3. The van der Waals surface area contributed by atoms with Gasteiger partial charge in [0.05, 0.1) is 6.07 Å². The predicted molar refractivity (Wildman–Crippen MR) is 36.0 cm³/mol. The van der Waals surface area contributed by atoms with Gasteiger partial charge in [0.1, 0.15) is 0 Å². The van der Waals surface area contributed by atoms with Crippen LogP contribution in [0.25, 0.3) is 0 Å². The van der Waals surface area contributed by atoms with Crippen molar-refractivity contribution in [2.75, 3.05) is 6.54 Å². The smallest absolute Gasteiger partial charge is 0.220 e. The van der Waals surface area contributed by atoms with Crippen molar-refractivity contribution in [1.82, 2.24) is 5.32 Å². The van der Waals surface area contributed by atoms with E-state index in [0.717, 1.165) is 12.8 Å². The first-order valence-corrected chi connectivity index (χ1v) is 3.49. The highest BCUT2D eigenvalue weighted by atomic mass is 16.1. The minimum Gasteiger partial charge on any atom is -0.356 e. The standard InChI is InChI=1S/C7H10N2O/c8-5-6-1-2-7(10)9-4-3-6/h6H,1-4H2,(H,9,10)/t6-/m0/s1. The number of carbonyl (C=O) groups excluding carboxylic acids is 1. The van der Waals surface area contributed by atoms with E-state index in [4.69, 9.17) is 5.26 Å². The van der Waals surface area contributed by atoms with Gasteiger partial charge in [0, 0.05) is 18.9 Å². The molecule has 1 aliphatic rings. The van der Waals surface area contributed by atoms with Crippen LogP contribution in [0.2, 0.25) is 0 Å². The monoisotopic (exact) mass is 138 g/mol. The number of hydrogen-bond donors (Lipinski definition) is 1. The Morgan fingerprint density at radius 3 is 3.10 bits per heavy atom. The summed E-state index contributed by atoms with van der Waals surface area (Å²) < 4.78 is 0. The van der Waals surface area contributed by atoms with Gasteiger partial charge in [-0.3, -0.25) is 4.79 Å². The highest BCUT2D eigenvalue weighted by Crippen LogP contribution is 2.11. The summed E-state index contributed by atoms with van der Waals surface area (Å²) in [7, 11) is 0. The van der Waals surface area contributed by atoms with E-state index in [1.807, 2.05) is 0 Å². The zero-order valence-corrected chi connectivity index (χ0v) is 5.76. The molecule has 1 heterocycles. The third-order valence-electron chi connectivity index (χ3n) is 1.72. The van der Waals surface area contributed by atoms with E-state index < -0.39 is 0 Å². The topological polar surface area (TPSA) is 52.9 Å². The Balaban J connectivity index is 2.42. The van der Waals surface area contributed by atoms with Gasteiger partial charge in [-0.25, -0.2) is 0 Å². The molecule has 3 nitrogen and oxygen atoms in total. The van der Waals surface area contributed by atoms with Crippen molar-refractivity contribution in [3.8, 4) is 6.07 Å². The molecule has 1 saturated heterocycles. The lowest BCUT2D eigenvalue weighted by Crippen LogP contribution is -2.21. The molecular formula is C7H10N2O. The van der Waals surface area contributed by atoms with E-state index in [0.29, 0.717) is 13.0 Å². The molecule has 54 valence electrons. The van der Waals surface area contributed by atoms with Crippen LogP contribution in [0.4, 0.5) is 0 Å². The summed E-state index contributed by atoms with van der Waals surface area (Å²) in [5.74, 6) is 0.164. The van der Waals surface area contributed by atoms with Crippen molar-refractivity contribution in [3.05, 3.63) is 0 Å². The molecule has 0 aromatic rings. The Kier molecular flexibility index (Phi) is 2.27. The van der Waals surface area contributed by atoms with E-state index in [1.54, 1.807) is 0 Å². The van der Waals surface area contributed by atoms with E-state index in [1.165, 1.54) is 0 Å². The molecule has 1 amide bonds. The second-order valence-electron chi connectivity index (χ2n) is 2.50. The van der Waals surface area contributed by atoms with Crippen molar-refractivity contribution in [2.45, 2.75) is 19.3 Å². The molecule has 0 unspecified atom stereocenters. The summed E-state index contributed by atoms with van der Waals surface area (Å²) in [6.45, 7) is 0.664. The molecule has 1 N–H and O–H groups in total. The fraction of sp³-hybridized carbons (Fsp3) is 0.714. The largest absolute Gasteiger partial charge is 0.356 e. The van der Waals surface area contributed by atoms with Crippen LogP contribution >= 0.6 is 0 Å². The van der Waals surface area contributed by atoms with Gasteiger partial charge >= 0.3 is 0 Å². The van der Waals surface area contributed by atoms with Crippen LogP contribution in [0.3, 0.4) is 0 Å². The molecule has 3 heteroatoms. The van der Waals surface area contributed by atoms with Gasteiger partial charge in [-0.15, -0.1) is 0 Å². The molecule has 0 bridgehead atoms. The lowest BCUT2D eigenvalue weighted by molar-refractivity contribution is -0.120. The SMILES string of the molecule is N#C[C@@H]1CCNC(=O)CC1. The maximum Gasteiger partial charge on any atom is 0.220 e. The van der Waals surface area contributed by atoms with E-state index in [9.17, 15) is 4.79 Å². The summed E-state index contributed by atoms with van der Waals surface area (Å²) in [6.07, 6.45) is 2.04. The van der Waals surface area contributed by atoms with Crippen LogP contribution in [-0.4, -0.2) is 12.5 Å². The number of carbonyl (C=O) groups is 1. The van der Waals surface area contributed by atoms with E-state index in [-0.39, 0.29) is 11.8 Å². The molecule has 1 atom stereocenters. The van der Waals surface area contributed by atoms with Crippen molar-refractivity contribution in [3.63, 3.8) is 0 Å². The fourth-order valence-corrected chi connectivity index (χ4v) is 1.05. The molecule has 0 aromatic carbocycles. The van der Waals surface area contributed by atoms with Gasteiger partial charge in [-0.05, 0) is 12.8 Å². The molecule has 0 spiro atoms. The number of rotatable bonds is 0. The first kappa shape index (κ1) is 7.07. The Hall–Kier alpha value is -1.04. The maximum absolute atomic E-state index is 10.7. The van der Waals surface area contributed by atoms with Crippen molar-refractivity contribution in [1.29, 1.82) is 5.26 Å². The Morgan fingerprint density at radius 2 is 2.40 bits per heavy atom. The number of nitrogens with one attached hydrogen (secondary N) is 1. The van der Waals surface area contributed by atoms with Gasteiger partial charge < -0.3 is 5.32 Å². The van der Waals surface area contributed by atoms with Gasteiger partial charge in [0.15, 0.2) is 0 Å². The van der Waals surface area contributed by atoms with Crippen LogP contribution in [0.5, 0.6) is 0 Å². The van der Waals surface area contributed by atoms with Crippen LogP contribution in [0, 0.1) is 17.2 Å². The quantitative estimate of drug-likeness (QED) is 0.527. The zero-order valence-electron chi connectivity index (χ0n) is 5.76. The lowest BCUT2D eigenvalue weighted by Gasteiger charge is -1.98. The zero-order chi connectivity index (χ0) is 7.40. The van der Waals surface area contributed by atoms with Crippen LogP contribution in [0.15, 0.2) is 0 Å². The Morgan fingerprint density at radius 1 is 1.60 bits per heavy atom. The summed E-state index contributed by atoms with van der Waals surface area (Å²) in [5.41, 5.74) is 0. The number of nitriles is 1. The molecule has 1 aliphatic heterocycles. The molecule has 0 aromatic heterocycles. The van der Waals surface area contributed by atoms with Crippen LogP contribution < -0.4 is 5.32 Å². The summed E-state index contributed by atoms with van der Waals surface area (Å²) >= 11 is 0.